The number of nitrogens with zero attached hydrogens (tertiary/aromatic N) is 1. The van der Waals surface area contributed by atoms with Gasteiger partial charge in [0.05, 0.1) is 17.1 Å². The number of para-hydroxylation sites is 1. The highest BCUT2D eigenvalue weighted by Gasteiger charge is 2.39. The molecule has 0 radical (unpaired) electrons. The fraction of sp³-hybridized carbons (Fsp3) is 0.455. The van der Waals surface area contributed by atoms with Crippen LogP contribution in [0.5, 0.6) is 0 Å². The molecule has 3 atom stereocenters. The molecule has 1 unspecified atom stereocenters. The van der Waals surface area contributed by atoms with E-state index in [1.165, 1.54) is 18.2 Å². The molecule has 1 aromatic carbocycles. The molecule has 1 heterocycles. The van der Waals surface area contributed by atoms with Crippen molar-refractivity contribution in [1.29, 1.82) is 0 Å². The minimum Gasteiger partial charge on any atom is -0.344 e. The number of ether oxygens (including phenoxy) is 2. The van der Waals surface area contributed by atoms with Gasteiger partial charge in [-0.25, -0.2) is 5.14 Å². The molecule has 0 amide bonds. The fourth-order valence-corrected chi connectivity index (χ4v) is 2.42. The van der Waals surface area contributed by atoms with Crippen LogP contribution in [0.2, 0.25) is 0 Å². The molecule has 1 fully saturated rings. The van der Waals surface area contributed by atoms with Gasteiger partial charge in [0.1, 0.15) is 12.2 Å². The van der Waals surface area contributed by atoms with Crippen LogP contribution in [0.25, 0.3) is 0 Å². The standard InChI is InChI=1S/C11H14N2O7S/c1-7-19-10(6-18-21(12,16)17)11(20-7)8-4-2-3-5-9(8)13(14)15/h2-5,7,10-11H,6H2,1H3,(H2,12,16,17)/t7?,10-,11-/m0/s1. The van der Waals surface area contributed by atoms with Gasteiger partial charge in [-0.3, -0.25) is 14.3 Å². The first-order valence-corrected chi connectivity index (χ1v) is 7.46. The lowest BCUT2D eigenvalue weighted by atomic mass is 10.0. The lowest BCUT2D eigenvalue weighted by molar-refractivity contribution is -0.386. The number of hydrogen-bond acceptors (Lipinski definition) is 7. The van der Waals surface area contributed by atoms with Crippen molar-refractivity contribution in [3.8, 4) is 0 Å². The van der Waals surface area contributed by atoms with E-state index in [0.717, 1.165) is 0 Å². The van der Waals surface area contributed by atoms with Crippen LogP contribution >= 0.6 is 0 Å². The molecule has 1 aliphatic heterocycles. The lowest BCUT2D eigenvalue weighted by Crippen LogP contribution is -2.27. The van der Waals surface area contributed by atoms with Crippen molar-refractivity contribution >= 4 is 16.0 Å². The average molecular weight is 318 g/mol. The quantitative estimate of drug-likeness (QED) is 0.621. The molecule has 2 N–H and O–H groups in total. The van der Waals surface area contributed by atoms with Crippen LogP contribution in [-0.2, 0) is 24.0 Å². The Morgan fingerprint density at radius 2 is 2.05 bits per heavy atom. The van der Waals surface area contributed by atoms with Crippen molar-refractivity contribution in [3.63, 3.8) is 0 Å². The zero-order chi connectivity index (χ0) is 15.6. The van der Waals surface area contributed by atoms with E-state index in [2.05, 4.69) is 4.18 Å². The Hall–Kier alpha value is -1.59. The first-order chi connectivity index (χ1) is 9.78. The van der Waals surface area contributed by atoms with Gasteiger partial charge in [0.15, 0.2) is 6.29 Å². The summed E-state index contributed by atoms with van der Waals surface area (Å²) in [4.78, 5) is 10.5. The van der Waals surface area contributed by atoms with Crippen molar-refractivity contribution in [2.45, 2.75) is 25.4 Å². The van der Waals surface area contributed by atoms with Gasteiger partial charge in [0.25, 0.3) is 5.69 Å². The molecule has 1 aliphatic rings. The summed E-state index contributed by atoms with van der Waals surface area (Å²) in [5, 5.41) is 15.8. The molecule has 21 heavy (non-hydrogen) atoms. The molecule has 0 aromatic heterocycles. The van der Waals surface area contributed by atoms with Crippen LogP contribution in [0, 0.1) is 10.1 Å². The van der Waals surface area contributed by atoms with Crippen molar-refractivity contribution in [2.24, 2.45) is 5.14 Å². The Balaban J connectivity index is 2.26. The highest BCUT2D eigenvalue weighted by Crippen LogP contribution is 2.37. The Labute approximate surface area is 121 Å². The van der Waals surface area contributed by atoms with Gasteiger partial charge in [0, 0.05) is 6.07 Å². The maximum Gasteiger partial charge on any atom is 0.333 e. The Morgan fingerprint density at radius 1 is 1.38 bits per heavy atom. The van der Waals surface area contributed by atoms with Gasteiger partial charge in [-0.15, -0.1) is 0 Å². The largest absolute Gasteiger partial charge is 0.344 e. The van der Waals surface area contributed by atoms with Gasteiger partial charge >= 0.3 is 10.3 Å². The second-order valence-corrected chi connectivity index (χ2v) is 5.61. The van der Waals surface area contributed by atoms with Crippen molar-refractivity contribution in [2.75, 3.05) is 6.61 Å². The second-order valence-electron chi connectivity index (χ2n) is 4.39. The Bertz CT molecular complexity index is 633. The third-order valence-electron chi connectivity index (χ3n) is 2.88. The highest BCUT2D eigenvalue weighted by atomic mass is 32.2. The monoisotopic (exact) mass is 318 g/mol. The zero-order valence-corrected chi connectivity index (χ0v) is 11.9. The van der Waals surface area contributed by atoms with Crippen LogP contribution in [0.15, 0.2) is 24.3 Å². The maximum atomic E-state index is 11.0. The summed E-state index contributed by atoms with van der Waals surface area (Å²) in [6, 6.07) is 6.00. The van der Waals surface area contributed by atoms with E-state index in [-0.39, 0.29) is 17.9 Å². The van der Waals surface area contributed by atoms with E-state index in [4.69, 9.17) is 14.6 Å². The summed E-state index contributed by atoms with van der Waals surface area (Å²) in [5.41, 5.74) is 0.149. The molecule has 1 saturated heterocycles. The van der Waals surface area contributed by atoms with Crippen molar-refractivity contribution in [3.05, 3.63) is 39.9 Å². The lowest BCUT2D eigenvalue weighted by Gasteiger charge is -2.16. The van der Waals surface area contributed by atoms with E-state index >= 15 is 0 Å². The minimum absolute atomic E-state index is 0.138. The smallest absolute Gasteiger partial charge is 0.333 e. The van der Waals surface area contributed by atoms with E-state index in [0.29, 0.717) is 0 Å². The van der Waals surface area contributed by atoms with Crippen LogP contribution in [-0.4, -0.2) is 32.3 Å². The number of nitrogens with two attached hydrogens (primary N) is 1. The van der Waals surface area contributed by atoms with Gasteiger partial charge in [-0.1, -0.05) is 12.1 Å². The molecule has 0 bridgehead atoms. The summed E-state index contributed by atoms with van der Waals surface area (Å²) in [6.45, 7) is 1.21. The predicted molar refractivity (Wildman–Crippen MR) is 70.3 cm³/mol. The topological polar surface area (TPSA) is 131 Å². The summed E-state index contributed by atoms with van der Waals surface area (Å²) in [5.74, 6) is 0. The Kier molecular flexibility index (Phi) is 4.54. The van der Waals surface area contributed by atoms with Crippen LogP contribution in [0.3, 0.4) is 0 Å². The highest BCUT2D eigenvalue weighted by molar-refractivity contribution is 7.84. The summed E-state index contributed by atoms with van der Waals surface area (Å²) in [6.07, 6.45) is -2.29. The fourth-order valence-electron chi connectivity index (χ4n) is 2.10. The first-order valence-electron chi connectivity index (χ1n) is 5.99. The summed E-state index contributed by atoms with van der Waals surface area (Å²) in [7, 11) is -4.13. The molecule has 1 aromatic rings. The van der Waals surface area contributed by atoms with Crippen LogP contribution in [0.1, 0.15) is 18.6 Å². The number of benzene rings is 1. The molecule has 9 nitrogen and oxygen atoms in total. The third-order valence-corrected chi connectivity index (χ3v) is 3.34. The molecule has 0 aliphatic carbocycles. The van der Waals surface area contributed by atoms with Gasteiger partial charge in [-0.05, 0) is 13.0 Å². The molecule has 0 saturated carbocycles. The maximum absolute atomic E-state index is 11.0. The van der Waals surface area contributed by atoms with Crippen molar-refractivity contribution in [1.82, 2.24) is 0 Å². The van der Waals surface area contributed by atoms with Crippen molar-refractivity contribution < 1.29 is 27.0 Å². The molecule has 10 heteroatoms. The molecule has 116 valence electrons. The molecular formula is C11H14N2O7S. The van der Waals surface area contributed by atoms with Crippen LogP contribution in [0.4, 0.5) is 5.69 Å². The van der Waals surface area contributed by atoms with Crippen LogP contribution < -0.4 is 5.14 Å². The van der Waals surface area contributed by atoms with E-state index in [9.17, 15) is 18.5 Å². The first kappa shape index (κ1) is 15.8. The number of nitro groups is 1. The normalized spacial score (nSPS) is 25.9. The van der Waals surface area contributed by atoms with Gasteiger partial charge in [0.2, 0.25) is 0 Å². The minimum atomic E-state index is -4.13. The third kappa shape index (κ3) is 3.95. The Morgan fingerprint density at radius 3 is 2.67 bits per heavy atom. The van der Waals surface area contributed by atoms with E-state index in [1.54, 1.807) is 13.0 Å². The average Bonchev–Trinajstić information content (AvgIpc) is 2.76. The van der Waals surface area contributed by atoms with Gasteiger partial charge in [-0.2, -0.15) is 8.42 Å². The number of hydrogen-bond donors (Lipinski definition) is 1. The summed E-state index contributed by atoms with van der Waals surface area (Å²) >= 11 is 0. The molecular weight excluding hydrogens is 304 g/mol. The number of nitro benzene ring substituents is 1. The molecule has 2 rings (SSSR count). The van der Waals surface area contributed by atoms with E-state index < -0.39 is 33.7 Å². The predicted octanol–water partition coefficient (Wildman–Crippen LogP) is 0.617. The zero-order valence-electron chi connectivity index (χ0n) is 11.0. The molecule has 0 spiro atoms. The summed E-state index contributed by atoms with van der Waals surface area (Å²) < 4.78 is 37.0. The van der Waals surface area contributed by atoms with E-state index in [1.807, 2.05) is 0 Å². The SMILES string of the molecule is CC1O[C@@H](COS(N)(=O)=O)[C@H](c2ccccc2[N+](=O)[O-])O1. The number of rotatable bonds is 5. The second kappa shape index (κ2) is 6.03. The van der Waals surface area contributed by atoms with Gasteiger partial charge < -0.3 is 9.47 Å².